The van der Waals surface area contributed by atoms with Crippen LogP contribution in [0.25, 0.3) is 0 Å². The van der Waals surface area contributed by atoms with Crippen molar-refractivity contribution in [2.45, 2.75) is 46.5 Å². The molecule has 0 radical (unpaired) electrons. The lowest BCUT2D eigenvalue weighted by Gasteiger charge is -2.32. The molecule has 1 nitrogen and oxygen atoms in total. The van der Waals surface area contributed by atoms with Crippen LogP contribution in [0.15, 0.2) is 0 Å². The van der Waals surface area contributed by atoms with E-state index >= 15 is 0 Å². The second kappa shape index (κ2) is 5.64. The van der Waals surface area contributed by atoms with Gasteiger partial charge in [-0.3, -0.25) is 0 Å². The summed E-state index contributed by atoms with van der Waals surface area (Å²) >= 11 is 0. The SMILES string of the molecule is CC(C)CNCCCC1CC(C)C1. The highest BCUT2D eigenvalue weighted by Gasteiger charge is 2.24. The first kappa shape index (κ1) is 11.0. The van der Waals surface area contributed by atoms with Crippen LogP contribution in [-0.2, 0) is 0 Å². The van der Waals surface area contributed by atoms with Crippen molar-refractivity contribution in [2.75, 3.05) is 13.1 Å². The van der Waals surface area contributed by atoms with E-state index in [0.29, 0.717) is 0 Å². The Morgan fingerprint density at radius 2 is 2.00 bits per heavy atom. The summed E-state index contributed by atoms with van der Waals surface area (Å²) in [5, 5.41) is 3.50. The molecule has 0 bridgehead atoms. The molecule has 0 aliphatic heterocycles. The summed E-state index contributed by atoms with van der Waals surface area (Å²) in [6, 6.07) is 0. The second-order valence-electron chi connectivity index (χ2n) is 5.18. The molecule has 1 heteroatoms. The van der Waals surface area contributed by atoms with Crippen LogP contribution in [0.3, 0.4) is 0 Å². The number of hydrogen-bond acceptors (Lipinski definition) is 1. The molecule has 0 heterocycles. The maximum absolute atomic E-state index is 3.50. The van der Waals surface area contributed by atoms with Gasteiger partial charge in [-0.05, 0) is 56.5 Å². The summed E-state index contributed by atoms with van der Waals surface area (Å²) < 4.78 is 0. The van der Waals surface area contributed by atoms with Gasteiger partial charge in [0.25, 0.3) is 0 Å². The van der Waals surface area contributed by atoms with Crippen LogP contribution in [0.2, 0.25) is 0 Å². The number of hydrogen-bond donors (Lipinski definition) is 1. The van der Waals surface area contributed by atoms with Gasteiger partial charge in [-0.15, -0.1) is 0 Å². The molecule has 1 aliphatic carbocycles. The lowest BCUT2D eigenvalue weighted by Crippen LogP contribution is -2.24. The van der Waals surface area contributed by atoms with Crippen molar-refractivity contribution in [3.63, 3.8) is 0 Å². The van der Waals surface area contributed by atoms with E-state index < -0.39 is 0 Å². The first-order valence-corrected chi connectivity index (χ1v) is 5.89. The Labute approximate surface area is 83.3 Å². The molecule has 0 aromatic carbocycles. The molecule has 78 valence electrons. The number of rotatable bonds is 6. The molecule has 1 N–H and O–H groups in total. The van der Waals surface area contributed by atoms with Gasteiger partial charge >= 0.3 is 0 Å². The zero-order valence-electron chi connectivity index (χ0n) is 9.47. The van der Waals surface area contributed by atoms with Gasteiger partial charge in [0.2, 0.25) is 0 Å². The predicted octanol–water partition coefficient (Wildman–Crippen LogP) is 3.06. The maximum Gasteiger partial charge on any atom is -0.00258 e. The first-order chi connectivity index (χ1) is 6.18. The predicted molar refractivity (Wildman–Crippen MR) is 58.8 cm³/mol. The summed E-state index contributed by atoms with van der Waals surface area (Å²) in [7, 11) is 0. The molecule has 0 aromatic heterocycles. The van der Waals surface area contributed by atoms with E-state index in [1.165, 1.54) is 38.8 Å². The summed E-state index contributed by atoms with van der Waals surface area (Å²) in [5.74, 6) is 2.88. The topological polar surface area (TPSA) is 12.0 Å². The van der Waals surface area contributed by atoms with Crippen molar-refractivity contribution in [1.29, 1.82) is 0 Å². The molecule has 0 spiro atoms. The van der Waals surface area contributed by atoms with Crippen molar-refractivity contribution in [3.8, 4) is 0 Å². The van der Waals surface area contributed by atoms with Crippen LogP contribution in [-0.4, -0.2) is 13.1 Å². The molecule has 1 fully saturated rings. The highest BCUT2D eigenvalue weighted by molar-refractivity contribution is 4.76. The highest BCUT2D eigenvalue weighted by Crippen LogP contribution is 2.35. The van der Waals surface area contributed by atoms with Crippen molar-refractivity contribution < 1.29 is 0 Å². The summed E-state index contributed by atoms with van der Waals surface area (Å²) in [6.45, 7) is 9.30. The van der Waals surface area contributed by atoms with Gasteiger partial charge in [0.15, 0.2) is 0 Å². The molecule has 0 unspecified atom stereocenters. The zero-order valence-corrected chi connectivity index (χ0v) is 9.47. The van der Waals surface area contributed by atoms with Gasteiger partial charge in [0.1, 0.15) is 0 Å². The Balaban J connectivity index is 1.79. The molecular weight excluding hydrogens is 158 g/mol. The lowest BCUT2D eigenvalue weighted by molar-refractivity contribution is 0.196. The van der Waals surface area contributed by atoms with E-state index in [0.717, 1.165) is 17.8 Å². The molecule has 13 heavy (non-hydrogen) atoms. The minimum absolute atomic E-state index is 0.795. The quantitative estimate of drug-likeness (QED) is 0.624. The van der Waals surface area contributed by atoms with E-state index in [1.807, 2.05) is 0 Å². The average Bonchev–Trinajstić information content (AvgIpc) is 1.99. The fraction of sp³-hybridized carbons (Fsp3) is 1.00. The molecule has 0 saturated heterocycles. The van der Waals surface area contributed by atoms with Gasteiger partial charge in [0.05, 0.1) is 0 Å². The Morgan fingerprint density at radius 1 is 1.31 bits per heavy atom. The third-order valence-corrected chi connectivity index (χ3v) is 2.99. The van der Waals surface area contributed by atoms with Crippen molar-refractivity contribution in [1.82, 2.24) is 5.32 Å². The van der Waals surface area contributed by atoms with Crippen molar-refractivity contribution in [2.24, 2.45) is 17.8 Å². The van der Waals surface area contributed by atoms with Crippen LogP contribution in [0.1, 0.15) is 46.5 Å². The van der Waals surface area contributed by atoms with Crippen LogP contribution >= 0.6 is 0 Å². The summed E-state index contributed by atoms with van der Waals surface area (Å²) in [5.41, 5.74) is 0. The monoisotopic (exact) mass is 183 g/mol. The van der Waals surface area contributed by atoms with Crippen LogP contribution in [0, 0.1) is 17.8 Å². The Bertz CT molecular complexity index is 125. The van der Waals surface area contributed by atoms with Gasteiger partial charge in [0, 0.05) is 0 Å². The molecule has 0 amide bonds. The van der Waals surface area contributed by atoms with E-state index in [-0.39, 0.29) is 0 Å². The summed E-state index contributed by atoms with van der Waals surface area (Å²) in [4.78, 5) is 0. The molecule has 1 saturated carbocycles. The van der Waals surface area contributed by atoms with Gasteiger partial charge < -0.3 is 5.32 Å². The minimum atomic E-state index is 0.795. The standard InChI is InChI=1S/C12H25N/c1-10(2)9-13-6-4-5-12-7-11(3)8-12/h10-13H,4-9H2,1-3H3. The largest absolute Gasteiger partial charge is 0.316 e. The van der Waals surface area contributed by atoms with Gasteiger partial charge in [-0.25, -0.2) is 0 Å². The van der Waals surface area contributed by atoms with Crippen LogP contribution in [0.5, 0.6) is 0 Å². The summed E-state index contributed by atoms with van der Waals surface area (Å²) in [6.07, 6.45) is 5.81. The second-order valence-corrected chi connectivity index (χ2v) is 5.18. The zero-order chi connectivity index (χ0) is 9.68. The third kappa shape index (κ3) is 4.66. The van der Waals surface area contributed by atoms with Crippen molar-refractivity contribution in [3.05, 3.63) is 0 Å². The normalized spacial score (nSPS) is 27.7. The van der Waals surface area contributed by atoms with Crippen LogP contribution < -0.4 is 5.32 Å². The van der Waals surface area contributed by atoms with Gasteiger partial charge in [-0.2, -0.15) is 0 Å². The molecular formula is C12H25N. The van der Waals surface area contributed by atoms with E-state index in [2.05, 4.69) is 26.1 Å². The lowest BCUT2D eigenvalue weighted by atomic mass is 9.74. The fourth-order valence-corrected chi connectivity index (χ4v) is 2.21. The number of nitrogens with one attached hydrogen (secondary N) is 1. The Kier molecular flexibility index (Phi) is 4.79. The molecule has 1 rings (SSSR count). The van der Waals surface area contributed by atoms with Gasteiger partial charge in [-0.1, -0.05) is 20.8 Å². The van der Waals surface area contributed by atoms with E-state index in [4.69, 9.17) is 0 Å². The Morgan fingerprint density at radius 3 is 2.54 bits per heavy atom. The Hall–Kier alpha value is -0.0400. The van der Waals surface area contributed by atoms with Crippen LogP contribution in [0.4, 0.5) is 0 Å². The maximum atomic E-state index is 3.50. The first-order valence-electron chi connectivity index (χ1n) is 5.89. The molecule has 1 aliphatic rings. The fourth-order valence-electron chi connectivity index (χ4n) is 2.21. The highest BCUT2D eigenvalue weighted by atomic mass is 14.8. The van der Waals surface area contributed by atoms with E-state index in [9.17, 15) is 0 Å². The average molecular weight is 183 g/mol. The third-order valence-electron chi connectivity index (χ3n) is 2.99. The minimum Gasteiger partial charge on any atom is -0.316 e. The van der Waals surface area contributed by atoms with E-state index in [1.54, 1.807) is 0 Å². The molecule has 0 aromatic rings. The smallest absolute Gasteiger partial charge is 0.00258 e. The molecule has 0 atom stereocenters. The van der Waals surface area contributed by atoms with Crippen molar-refractivity contribution >= 4 is 0 Å².